The van der Waals surface area contributed by atoms with Crippen LogP contribution in [-0.4, -0.2) is 12.0 Å². The molecule has 1 aromatic heterocycles. The second-order valence-corrected chi connectivity index (χ2v) is 4.55. The molecule has 0 aliphatic heterocycles. The summed E-state index contributed by atoms with van der Waals surface area (Å²) in [5.74, 6) is -0.409. The highest BCUT2D eigenvalue weighted by molar-refractivity contribution is 6.31. The maximum absolute atomic E-state index is 13.1. The van der Waals surface area contributed by atoms with Gasteiger partial charge in [-0.2, -0.15) is 0 Å². The van der Waals surface area contributed by atoms with Crippen molar-refractivity contribution in [2.24, 2.45) is 0 Å². The van der Waals surface area contributed by atoms with Crippen LogP contribution in [-0.2, 0) is 0 Å². The number of rotatable bonds is 3. The van der Waals surface area contributed by atoms with E-state index in [0.717, 1.165) is 16.7 Å². The molecule has 0 radical (unpaired) electrons. The van der Waals surface area contributed by atoms with Crippen molar-refractivity contribution in [2.45, 2.75) is 13.0 Å². The SMILES string of the molecule is CNC(C)c1cncc(-c2ccc(F)c(Cl)c2)c1. The summed E-state index contributed by atoms with van der Waals surface area (Å²) < 4.78 is 13.1. The number of benzene rings is 1. The molecule has 2 nitrogen and oxygen atoms in total. The van der Waals surface area contributed by atoms with Crippen molar-refractivity contribution in [3.05, 3.63) is 53.1 Å². The molecule has 1 heterocycles. The van der Waals surface area contributed by atoms with Gasteiger partial charge >= 0.3 is 0 Å². The van der Waals surface area contributed by atoms with Crippen LogP contribution in [0.1, 0.15) is 18.5 Å². The van der Waals surface area contributed by atoms with Gasteiger partial charge in [0.05, 0.1) is 5.02 Å². The van der Waals surface area contributed by atoms with Gasteiger partial charge in [-0.3, -0.25) is 4.98 Å². The molecule has 0 aliphatic rings. The Morgan fingerprint density at radius 1 is 1.22 bits per heavy atom. The Hall–Kier alpha value is -1.45. The molecule has 18 heavy (non-hydrogen) atoms. The van der Waals surface area contributed by atoms with Crippen LogP contribution in [0.5, 0.6) is 0 Å². The Morgan fingerprint density at radius 3 is 2.67 bits per heavy atom. The van der Waals surface area contributed by atoms with Crippen molar-refractivity contribution >= 4 is 11.6 Å². The highest BCUT2D eigenvalue weighted by atomic mass is 35.5. The van der Waals surface area contributed by atoms with Gasteiger partial charge in [-0.15, -0.1) is 0 Å². The summed E-state index contributed by atoms with van der Waals surface area (Å²) in [6, 6.07) is 6.92. The third-order valence-corrected chi connectivity index (χ3v) is 3.23. The fourth-order valence-electron chi connectivity index (χ4n) is 1.69. The van der Waals surface area contributed by atoms with E-state index in [1.54, 1.807) is 18.3 Å². The summed E-state index contributed by atoms with van der Waals surface area (Å²) in [6.45, 7) is 2.05. The summed E-state index contributed by atoms with van der Waals surface area (Å²) in [6.07, 6.45) is 3.56. The summed E-state index contributed by atoms with van der Waals surface area (Å²) in [4.78, 5) is 4.21. The molecule has 2 aromatic rings. The van der Waals surface area contributed by atoms with Gasteiger partial charge < -0.3 is 5.32 Å². The van der Waals surface area contributed by atoms with Gasteiger partial charge in [0.15, 0.2) is 0 Å². The van der Waals surface area contributed by atoms with Crippen LogP contribution in [0, 0.1) is 5.82 Å². The van der Waals surface area contributed by atoms with Crippen LogP contribution in [0.2, 0.25) is 5.02 Å². The smallest absolute Gasteiger partial charge is 0.141 e. The number of hydrogen-bond acceptors (Lipinski definition) is 2. The third-order valence-electron chi connectivity index (χ3n) is 2.95. The number of halogens is 2. The molecule has 1 aromatic carbocycles. The van der Waals surface area contributed by atoms with Gasteiger partial charge in [0.2, 0.25) is 0 Å². The highest BCUT2D eigenvalue weighted by Gasteiger charge is 2.07. The minimum atomic E-state index is -0.409. The van der Waals surface area contributed by atoms with Crippen LogP contribution < -0.4 is 5.32 Å². The second kappa shape index (κ2) is 5.46. The zero-order chi connectivity index (χ0) is 13.1. The van der Waals surface area contributed by atoms with Gasteiger partial charge in [-0.1, -0.05) is 17.7 Å². The van der Waals surface area contributed by atoms with E-state index in [9.17, 15) is 4.39 Å². The molecule has 0 saturated heterocycles. The van der Waals surface area contributed by atoms with E-state index >= 15 is 0 Å². The van der Waals surface area contributed by atoms with Gasteiger partial charge in [-0.25, -0.2) is 4.39 Å². The van der Waals surface area contributed by atoms with Crippen molar-refractivity contribution in [1.82, 2.24) is 10.3 Å². The van der Waals surface area contributed by atoms with Crippen molar-refractivity contribution in [1.29, 1.82) is 0 Å². The number of nitrogens with zero attached hydrogens (tertiary/aromatic N) is 1. The monoisotopic (exact) mass is 264 g/mol. The molecule has 2 rings (SSSR count). The lowest BCUT2D eigenvalue weighted by Gasteiger charge is -2.11. The maximum Gasteiger partial charge on any atom is 0.141 e. The van der Waals surface area contributed by atoms with Gasteiger partial charge in [0.1, 0.15) is 5.82 Å². The highest BCUT2D eigenvalue weighted by Crippen LogP contribution is 2.26. The maximum atomic E-state index is 13.1. The largest absolute Gasteiger partial charge is 0.313 e. The number of aromatic nitrogens is 1. The van der Waals surface area contributed by atoms with Crippen LogP contribution in [0.3, 0.4) is 0 Å². The van der Waals surface area contributed by atoms with Gasteiger partial charge in [-0.05, 0) is 43.3 Å². The lowest BCUT2D eigenvalue weighted by Crippen LogP contribution is -2.12. The molecule has 0 fully saturated rings. The molecule has 0 amide bonds. The summed E-state index contributed by atoms with van der Waals surface area (Å²) in [7, 11) is 1.89. The van der Waals surface area contributed by atoms with E-state index in [0.29, 0.717) is 0 Å². The van der Waals surface area contributed by atoms with E-state index in [2.05, 4.69) is 17.2 Å². The zero-order valence-corrected chi connectivity index (χ0v) is 11.0. The van der Waals surface area contributed by atoms with Crippen LogP contribution in [0.25, 0.3) is 11.1 Å². The van der Waals surface area contributed by atoms with Crippen molar-refractivity contribution in [2.75, 3.05) is 7.05 Å². The van der Waals surface area contributed by atoms with Crippen molar-refractivity contribution in [3.63, 3.8) is 0 Å². The minimum absolute atomic E-state index is 0.125. The predicted octanol–water partition coefficient (Wildman–Crippen LogP) is 3.82. The van der Waals surface area contributed by atoms with E-state index in [-0.39, 0.29) is 11.1 Å². The molecule has 1 atom stereocenters. The van der Waals surface area contributed by atoms with Gasteiger partial charge in [0.25, 0.3) is 0 Å². The van der Waals surface area contributed by atoms with E-state index < -0.39 is 5.82 Å². The standard InChI is InChI=1S/C14H14ClFN2/c1-9(17-2)11-5-12(8-18-7-11)10-3-4-14(16)13(15)6-10/h3-9,17H,1-2H3. The van der Waals surface area contributed by atoms with Crippen molar-refractivity contribution in [3.8, 4) is 11.1 Å². The van der Waals surface area contributed by atoms with E-state index in [1.807, 2.05) is 19.3 Å². The predicted molar refractivity (Wildman–Crippen MR) is 72.1 cm³/mol. The topological polar surface area (TPSA) is 24.9 Å². The van der Waals surface area contributed by atoms with E-state index in [1.165, 1.54) is 6.07 Å². The summed E-state index contributed by atoms with van der Waals surface area (Å²) in [5.41, 5.74) is 2.87. The first-order valence-electron chi connectivity index (χ1n) is 5.69. The average Bonchev–Trinajstić information content (AvgIpc) is 2.41. The fourth-order valence-corrected chi connectivity index (χ4v) is 1.88. The Kier molecular flexibility index (Phi) is 3.94. The Bertz CT molecular complexity index is 557. The molecule has 0 spiro atoms. The first kappa shape index (κ1) is 13.0. The number of pyridine rings is 1. The zero-order valence-electron chi connectivity index (χ0n) is 10.2. The molecule has 94 valence electrons. The Labute approximate surface area is 111 Å². The summed E-state index contributed by atoms with van der Waals surface area (Å²) >= 11 is 5.79. The molecule has 0 bridgehead atoms. The fraction of sp³-hybridized carbons (Fsp3) is 0.214. The van der Waals surface area contributed by atoms with E-state index in [4.69, 9.17) is 11.6 Å². The number of hydrogen-bond donors (Lipinski definition) is 1. The third kappa shape index (κ3) is 2.68. The normalized spacial score (nSPS) is 12.4. The quantitative estimate of drug-likeness (QED) is 0.912. The summed E-state index contributed by atoms with van der Waals surface area (Å²) in [5, 5.41) is 3.28. The molecule has 4 heteroatoms. The molecule has 1 unspecified atom stereocenters. The Balaban J connectivity index is 2.41. The molecule has 1 N–H and O–H groups in total. The molecule has 0 aliphatic carbocycles. The average molecular weight is 265 g/mol. The van der Waals surface area contributed by atoms with Crippen molar-refractivity contribution < 1.29 is 4.39 Å². The first-order chi connectivity index (χ1) is 8.61. The molecule has 0 saturated carbocycles. The van der Waals surface area contributed by atoms with Crippen LogP contribution >= 0.6 is 11.6 Å². The first-order valence-corrected chi connectivity index (χ1v) is 6.07. The molecular formula is C14H14ClFN2. The Morgan fingerprint density at radius 2 is 2.00 bits per heavy atom. The number of nitrogens with one attached hydrogen (secondary N) is 1. The van der Waals surface area contributed by atoms with Crippen LogP contribution in [0.15, 0.2) is 36.7 Å². The molecular weight excluding hydrogens is 251 g/mol. The lowest BCUT2D eigenvalue weighted by molar-refractivity contribution is 0.628. The lowest BCUT2D eigenvalue weighted by atomic mass is 10.0. The van der Waals surface area contributed by atoms with Gasteiger partial charge in [0, 0.05) is 24.0 Å². The van der Waals surface area contributed by atoms with Crippen LogP contribution in [0.4, 0.5) is 4.39 Å². The minimum Gasteiger partial charge on any atom is -0.313 e. The second-order valence-electron chi connectivity index (χ2n) is 4.15.